The highest BCUT2D eigenvalue weighted by Gasteiger charge is 2.17. The molecule has 0 aliphatic carbocycles. The minimum atomic E-state index is -0.145. The number of likely N-dealkylation sites (tertiary alicyclic amines) is 1. The number of nitrogens with one attached hydrogen (secondary N) is 1. The molecule has 122 valence electrons. The fourth-order valence-electron chi connectivity index (χ4n) is 2.85. The summed E-state index contributed by atoms with van der Waals surface area (Å²) in [5.41, 5.74) is 0.463. The number of benzene rings is 1. The van der Waals surface area contributed by atoms with Crippen LogP contribution in [0.2, 0.25) is 0 Å². The van der Waals surface area contributed by atoms with Crippen LogP contribution in [-0.2, 0) is 0 Å². The third-order valence-electron chi connectivity index (χ3n) is 4.04. The number of methoxy groups -OCH3 is 2. The van der Waals surface area contributed by atoms with E-state index in [2.05, 4.69) is 10.2 Å². The van der Waals surface area contributed by atoms with Crippen molar-refractivity contribution in [2.45, 2.75) is 25.7 Å². The molecule has 1 aromatic rings. The predicted octanol–water partition coefficient (Wildman–Crippen LogP) is 2.31. The SMILES string of the molecule is COc1cccc(OC)c1C(=O)NCCCN1CCCCC1. The second kappa shape index (κ2) is 8.63. The van der Waals surface area contributed by atoms with Crippen molar-refractivity contribution in [1.82, 2.24) is 10.2 Å². The number of carbonyl (C=O) groups is 1. The van der Waals surface area contributed by atoms with Crippen LogP contribution >= 0.6 is 0 Å². The standard InChI is InChI=1S/C17H26N2O3/c1-21-14-8-6-9-15(22-2)16(14)17(20)18-10-7-13-19-11-4-3-5-12-19/h6,8-9H,3-5,7,10-13H2,1-2H3,(H,18,20). The summed E-state index contributed by atoms with van der Waals surface area (Å²) >= 11 is 0. The lowest BCUT2D eigenvalue weighted by atomic mass is 10.1. The number of ether oxygens (including phenoxy) is 2. The summed E-state index contributed by atoms with van der Waals surface area (Å²) in [6.07, 6.45) is 4.90. The van der Waals surface area contributed by atoms with E-state index in [0.29, 0.717) is 23.6 Å². The first kappa shape index (κ1) is 16.6. The van der Waals surface area contributed by atoms with E-state index in [4.69, 9.17) is 9.47 Å². The lowest BCUT2D eigenvalue weighted by molar-refractivity contribution is 0.0945. The van der Waals surface area contributed by atoms with Gasteiger partial charge in [-0.05, 0) is 51.0 Å². The zero-order valence-electron chi connectivity index (χ0n) is 13.6. The van der Waals surface area contributed by atoms with Gasteiger partial charge in [0.15, 0.2) is 0 Å². The monoisotopic (exact) mass is 306 g/mol. The number of carbonyl (C=O) groups excluding carboxylic acids is 1. The maximum absolute atomic E-state index is 12.4. The summed E-state index contributed by atoms with van der Waals surface area (Å²) in [4.78, 5) is 14.8. The fourth-order valence-corrected chi connectivity index (χ4v) is 2.85. The van der Waals surface area contributed by atoms with Crippen LogP contribution in [0.5, 0.6) is 11.5 Å². The summed E-state index contributed by atoms with van der Waals surface area (Å²) in [7, 11) is 3.11. The van der Waals surface area contributed by atoms with Crippen LogP contribution in [0, 0.1) is 0 Å². The molecule has 1 aromatic carbocycles. The van der Waals surface area contributed by atoms with Gasteiger partial charge in [0.05, 0.1) is 14.2 Å². The molecule has 0 radical (unpaired) electrons. The normalized spacial score (nSPS) is 15.4. The molecule has 1 N–H and O–H groups in total. The summed E-state index contributed by atoms with van der Waals surface area (Å²) in [6.45, 7) is 4.09. The molecule has 5 nitrogen and oxygen atoms in total. The lowest BCUT2D eigenvalue weighted by Gasteiger charge is -2.26. The van der Waals surface area contributed by atoms with Crippen LogP contribution in [0.25, 0.3) is 0 Å². The van der Waals surface area contributed by atoms with Crippen LogP contribution in [-0.4, -0.2) is 51.2 Å². The van der Waals surface area contributed by atoms with Crippen molar-refractivity contribution < 1.29 is 14.3 Å². The largest absolute Gasteiger partial charge is 0.496 e. The van der Waals surface area contributed by atoms with Gasteiger partial charge in [0.25, 0.3) is 5.91 Å². The summed E-state index contributed by atoms with van der Waals surface area (Å²) in [5, 5.41) is 2.96. The van der Waals surface area contributed by atoms with Crippen molar-refractivity contribution in [1.29, 1.82) is 0 Å². The molecule has 1 aliphatic heterocycles. The Morgan fingerprint density at radius 3 is 2.36 bits per heavy atom. The molecule has 0 bridgehead atoms. The summed E-state index contributed by atoms with van der Waals surface area (Å²) in [5.74, 6) is 0.925. The molecule has 1 fully saturated rings. The molecule has 1 saturated heterocycles. The highest BCUT2D eigenvalue weighted by molar-refractivity contribution is 5.99. The number of amides is 1. The Kier molecular flexibility index (Phi) is 6.52. The molecular formula is C17H26N2O3. The second-order valence-corrected chi connectivity index (χ2v) is 5.55. The van der Waals surface area contributed by atoms with E-state index in [1.807, 2.05) is 6.07 Å². The van der Waals surface area contributed by atoms with Crippen LogP contribution in [0.15, 0.2) is 18.2 Å². The Bertz CT molecular complexity index is 463. The molecule has 1 aliphatic rings. The van der Waals surface area contributed by atoms with Crippen molar-refractivity contribution >= 4 is 5.91 Å². The number of rotatable bonds is 7. The van der Waals surface area contributed by atoms with Crippen molar-refractivity contribution in [2.24, 2.45) is 0 Å². The molecule has 1 heterocycles. The molecule has 0 spiro atoms. The van der Waals surface area contributed by atoms with Gasteiger partial charge < -0.3 is 19.7 Å². The van der Waals surface area contributed by atoms with Crippen molar-refractivity contribution in [3.63, 3.8) is 0 Å². The minimum absolute atomic E-state index is 0.145. The van der Waals surface area contributed by atoms with Crippen LogP contribution in [0.1, 0.15) is 36.0 Å². The Labute approximate surface area is 132 Å². The van der Waals surface area contributed by atoms with Gasteiger partial charge in [-0.2, -0.15) is 0 Å². The van der Waals surface area contributed by atoms with Gasteiger partial charge in [0, 0.05) is 6.54 Å². The fraction of sp³-hybridized carbons (Fsp3) is 0.588. The van der Waals surface area contributed by atoms with Crippen LogP contribution in [0.4, 0.5) is 0 Å². The third-order valence-corrected chi connectivity index (χ3v) is 4.04. The smallest absolute Gasteiger partial charge is 0.258 e. The highest BCUT2D eigenvalue weighted by Crippen LogP contribution is 2.27. The minimum Gasteiger partial charge on any atom is -0.496 e. The maximum Gasteiger partial charge on any atom is 0.258 e. The van der Waals surface area contributed by atoms with Crippen LogP contribution < -0.4 is 14.8 Å². The second-order valence-electron chi connectivity index (χ2n) is 5.55. The van der Waals surface area contributed by atoms with E-state index in [1.54, 1.807) is 26.4 Å². The molecule has 0 atom stereocenters. The van der Waals surface area contributed by atoms with E-state index >= 15 is 0 Å². The summed E-state index contributed by atoms with van der Waals surface area (Å²) in [6, 6.07) is 5.35. The van der Waals surface area contributed by atoms with Gasteiger partial charge in [-0.15, -0.1) is 0 Å². The molecule has 22 heavy (non-hydrogen) atoms. The van der Waals surface area contributed by atoms with Gasteiger partial charge in [-0.3, -0.25) is 4.79 Å². The average Bonchev–Trinajstić information content (AvgIpc) is 2.58. The van der Waals surface area contributed by atoms with Crippen molar-refractivity contribution in [3.8, 4) is 11.5 Å². The summed E-state index contributed by atoms with van der Waals surface area (Å²) < 4.78 is 10.5. The topological polar surface area (TPSA) is 50.8 Å². The lowest BCUT2D eigenvalue weighted by Crippen LogP contribution is -2.33. The maximum atomic E-state index is 12.4. The van der Waals surface area contributed by atoms with E-state index in [9.17, 15) is 4.79 Å². The van der Waals surface area contributed by atoms with E-state index in [0.717, 1.165) is 13.0 Å². The number of nitrogens with zero attached hydrogens (tertiary/aromatic N) is 1. The molecule has 5 heteroatoms. The van der Waals surface area contributed by atoms with Gasteiger partial charge in [-0.25, -0.2) is 0 Å². The molecule has 2 rings (SSSR count). The van der Waals surface area contributed by atoms with Gasteiger partial charge in [-0.1, -0.05) is 12.5 Å². The number of hydrogen-bond donors (Lipinski definition) is 1. The number of piperidine rings is 1. The Balaban J connectivity index is 1.84. The first-order chi connectivity index (χ1) is 10.8. The van der Waals surface area contributed by atoms with Crippen molar-refractivity contribution in [3.05, 3.63) is 23.8 Å². The number of hydrogen-bond acceptors (Lipinski definition) is 4. The molecule has 0 aromatic heterocycles. The van der Waals surface area contributed by atoms with E-state index < -0.39 is 0 Å². The highest BCUT2D eigenvalue weighted by atomic mass is 16.5. The molecule has 0 saturated carbocycles. The Hall–Kier alpha value is -1.75. The quantitative estimate of drug-likeness (QED) is 0.786. The first-order valence-corrected chi connectivity index (χ1v) is 7.98. The van der Waals surface area contributed by atoms with E-state index in [-0.39, 0.29) is 5.91 Å². The van der Waals surface area contributed by atoms with Crippen molar-refractivity contribution in [2.75, 3.05) is 40.4 Å². The third kappa shape index (κ3) is 4.37. The van der Waals surface area contributed by atoms with E-state index in [1.165, 1.54) is 32.4 Å². The zero-order valence-corrected chi connectivity index (χ0v) is 13.6. The molecular weight excluding hydrogens is 280 g/mol. The van der Waals surface area contributed by atoms with Crippen LogP contribution in [0.3, 0.4) is 0 Å². The van der Waals surface area contributed by atoms with Gasteiger partial charge in [0.1, 0.15) is 17.1 Å². The molecule has 0 unspecified atom stereocenters. The predicted molar refractivity (Wildman–Crippen MR) is 86.8 cm³/mol. The van der Waals surface area contributed by atoms with Gasteiger partial charge in [0.2, 0.25) is 0 Å². The average molecular weight is 306 g/mol. The van der Waals surface area contributed by atoms with Gasteiger partial charge >= 0.3 is 0 Å². The molecule has 1 amide bonds. The first-order valence-electron chi connectivity index (χ1n) is 7.98. The Morgan fingerprint density at radius 2 is 1.77 bits per heavy atom. The Morgan fingerprint density at radius 1 is 1.14 bits per heavy atom. The zero-order chi connectivity index (χ0) is 15.8.